The topological polar surface area (TPSA) is 90.3 Å². The van der Waals surface area contributed by atoms with E-state index in [1.54, 1.807) is 38.5 Å². The molecule has 2 aromatic rings. The van der Waals surface area contributed by atoms with Gasteiger partial charge in [-0.25, -0.2) is 0 Å². The number of carbonyl (C=O) groups excluding carboxylic acids is 2. The van der Waals surface area contributed by atoms with Crippen LogP contribution in [0.25, 0.3) is 0 Å². The number of benzene rings is 2. The summed E-state index contributed by atoms with van der Waals surface area (Å²) in [6, 6.07) is 11.5. The van der Waals surface area contributed by atoms with Gasteiger partial charge in [-0.15, -0.1) is 0 Å². The number of amides is 2. The van der Waals surface area contributed by atoms with Gasteiger partial charge < -0.3 is 31.5 Å². The Morgan fingerprint density at radius 2 is 1.87 bits per heavy atom. The molecular formula is C29H31BrClN3O5. The van der Waals surface area contributed by atoms with E-state index in [-0.39, 0.29) is 41.2 Å². The van der Waals surface area contributed by atoms with Gasteiger partial charge in [0.2, 0.25) is 5.91 Å². The maximum atomic E-state index is 13.9. The van der Waals surface area contributed by atoms with E-state index in [1.807, 2.05) is 6.07 Å². The molecule has 2 aliphatic heterocycles. The van der Waals surface area contributed by atoms with E-state index in [0.29, 0.717) is 18.0 Å². The number of hydrazine groups is 1. The SMILES string of the molecule is COc1ccc2c3c1O[C@@H]1[C@@]4(OC)C=C[C@@]5(C[C@H]4C(=O)NNC(=O)c4ccc(Br)cc4)[C@@H](C2)[NH+](C)CC[C@]315.[Cl-]. The summed E-state index contributed by atoms with van der Waals surface area (Å²) in [6.07, 6.45) is 6.51. The largest absolute Gasteiger partial charge is 1.00 e. The molecule has 4 aliphatic carbocycles. The number of likely N-dealkylation sites (tertiary alicyclic amines) is 1. The number of halogens is 2. The van der Waals surface area contributed by atoms with Crippen molar-refractivity contribution in [3.05, 3.63) is 69.7 Å². The van der Waals surface area contributed by atoms with Crippen LogP contribution in [0.4, 0.5) is 0 Å². The molecule has 2 spiro atoms. The summed E-state index contributed by atoms with van der Waals surface area (Å²) in [5.74, 6) is 0.328. The zero-order chi connectivity index (χ0) is 26.4. The number of fused-ring (bicyclic) bond motifs is 1. The summed E-state index contributed by atoms with van der Waals surface area (Å²) in [6.45, 7) is 1.02. The van der Waals surface area contributed by atoms with E-state index in [0.717, 1.165) is 35.4 Å². The summed E-state index contributed by atoms with van der Waals surface area (Å²) in [5.41, 5.74) is 6.79. The predicted molar refractivity (Wildman–Crippen MR) is 142 cm³/mol. The van der Waals surface area contributed by atoms with E-state index < -0.39 is 11.5 Å². The molecule has 2 fully saturated rings. The molecule has 0 radical (unpaired) electrons. The number of hydrogen-bond acceptors (Lipinski definition) is 5. The molecule has 2 amide bonds. The highest BCUT2D eigenvalue weighted by atomic mass is 79.9. The molecule has 1 saturated carbocycles. The number of nitrogens with one attached hydrogen (secondary N) is 3. The maximum absolute atomic E-state index is 13.9. The standard InChI is InChI=1S/C29H30BrN3O5.ClH/c1-33-13-12-28-22-17-6-9-20(36-2)23(22)38-26(28)29(37-3)11-10-27(28,21(33)14-17)15-19(29)25(35)32-31-24(34)16-4-7-18(30)8-5-16;/h4-11,19,21,26H,12-15H2,1-3H3,(H,31,34)(H,32,35);1H/t19-,21+,26-,27+,28-,29+;/m0./s1. The third-order valence-electron chi connectivity index (χ3n) is 10.2. The molecule has 1 saturated heterocycles. The Morgan fingerprint density at radius 3 is 2.59 bits per heavy atom. The van der Waals surface area contributed by atoms with Crippen LogP contribution in [0.5, 0.6) is 11.5 Å². The molecular weight excluding hydrogens is 586 g/mol. The highest BCUT2D eigenvalue weighted by Gasteiger charge is 2.81. The van der Waals surface area contributed by atoms with E-state index in [2.05, 4.69) is 52.0 Å². The van der Waals surface area contributed by atoms with Gasteiger partial charge in [0, 0.05) is 35.6 Å². The van der Waals surface area contributed by atoms with Crippen molar-refractivity contribution in [3.63, 3.8) is 0 Å². The van der Waals surface area contributed by atoms with Gasteiger partial charge in [-0.1, -0.05) is 34.1 Å². The van der Waals surface area contributed by atoms with Crippen LogP contribution in [0.15, 0.2) is 53.0 Å². The lowest BCUT2D eigenvalue weighted by Gasteiger charge is -2.69. The van der Waals surface area contributed by atoms with Crippen molar-refractivity contribution in [2.24, 2.45) is 11.3 Å². The molecule has 4 bridgehead atoms. The number of hydrogen-bond donors (Lipinski definition) is 3. The maximum Gasteiger partial charge on any atom is 0.269 e. The van der Waals surface area contributed by atoms with Crippen LogP contribution < -0.4 is 37.6 Å². The normalized spacial score (nSPS) is 35.8. The van der Waals surface area contributed by atoms with Gasteiger partial charge in [-0.05, 0) is 42.3 Å². The Bertz CT molecular complexity index is 1400. The number of likely N-dealkylation sites (N-methyl/N-ethyl adjacent to an activating group) is 1. The molecule has 39 heavy (non-hydrogen) atoms. The fourth-order valence-corrected chi connectivity index (χ4v) is 8.81. The number of ether oxygens (including phenoxy) is 3. The third-order valence-corrected chi connectivity index (χ3v) is 10.7. The van der Waals surface area contributed by atoms with Crippen LogP contribution in [-0.2, 0) is 21.4 Å². The quantitative estimate of drug-likeness (QED) is 0.295. The first kappa shape index (κ1) is 26.6. The molecule has 6 aliphatic rings. The number of rotatable bonds is 4. The van der Waals surface area contributed by atoms with E-state index in [1.165, 1.54) is 16.0 Å². The van der Waals surface area contributed by atoms with Gasteiger partial charge in [-0.3, -0.25) is 20.4 Å². The van der Waals surface area contributed by atoms with Crippen LogP contribution >= 0.6 is 15.9 Å². The van der Waals surface area contributed by atoms with Crippen LogP contribution in [0, 0.1) is 11.3 Å². The van der Waals surface area contributed by atoms with Crippen LogP contribution in [0.3, 0.4) is 0 Å². The summed E-state index contributed by atoms with van der Waals surface area (Å²) in [7, 11) is 5.59. The first-order chi connectivity index (χ1) is 18.3. The third kappa shape index (κ3) is 3.18. The minimum atomic E-state index is -0.984. The van der Waals surface area contributed by atoms with Crippen molar-refractivity contribution in [2.75, 3.05) is 27.8 Å². The zero-order valence-corrected chi connectivity index (χ0v) is 24.3. The lowest BCUT2D eigenvalue weighted by molar-refractivity contribution is -0.923. The number of methoxy groups -OCH3 is 2. The molecule has 8 nitrogen and oxygen atoms in total. The molecule has 7 atom stereocenters. The molecule has 2 heterocycles. The van der Waals surface area contributed by atoms with Crippen molar-refractivity contribution >= 4 is 27.7 Å². The van der Waals surface area contributed by atoms with Gasteiger partial charge in [0.05, 0.1) is 37.5 Å². The van der Waals surface area contributed by atoms with Crippen LogP contribution in [-0.4, -0.2) is 57.4 Å². The van der Waals surface area contributed by atoms with Crippen molar-refractivity contribution in [1.29, 1.82) is 0 Å². The highest BCUT2D eigenvalue weighted by Crippen LogP contribution is 2.73. The van der Waals surface area contributed by atoms with Crippen molar-refractivity contribution in [3.8, 4) is 11.5 Å². The monoisotopic (exact) mass is 615 g/mol. The lowest BCUT2D eigenvalue weighted by Crippen LogP contribution is -3.18. The van der Waals surface area contributed by atoms with Gasteiger partial charge >= 0.3 is 0 Å². The predicted octanol–water partition coefficient (Wildman–Crippen LogP) is -1.27. The molecule has 8 rings (SSSR count). The molecule has 2 aromatic carbocycles. The number of quaternary nitrogens is 1. The van der Waals surface area contributed by atoms with E-state index >= 15 is 0 Å². The highest BCUT2D eigenvalue weighted by molar-refractivity contribution is 9.10. The van der Waals surface area contributed by atoms with Gasteiger partial charge in [-0.2, -0.15) is 0 Å². The van der Waals surface area contributed by atoms with Crippen molar-refractivity contribution in [1.82, 2.24) is 10.9 Å². The number of piperidine rings is 1. The molecule has 206 valence electrons. The second-order valence-corrected chi connectivity index (χ2v) is 12.3. The van der Waals surface area contributed by atoms with Crippen LogP contribution in [0.1, 0.15) is 34.3 Å². The van der Waals surface area contributed by atoms with Gasteiger partial charge in [0.25, 0.3) is 5.91 Å². The van der Waals surface area contributed by atoms with Crippen LogP contribution in [0.2, 0.25) is 0 Å². The van der Waals surface area contributed by atoms with E-state index in [9.17, 15) is 9.59 Å². The van der Waals surface area contributed by atoms with Gasteiger partial charge in [0.15, 0.2) is 11.5 Å². The zero-order valence-electron chi connectivity index (χ0n) is 22.0. The average molecular weight is 617 g/mol. The second-order valence-electron chi connectivity index (χ2n) is 11.3. The second kappa shape index (κ2) is 8.96. The van der Waals surface area contributed by atoms with Crippen molar-refractivity contribution < 1.29 is 41.1 Å². The fourth-order valence-electron chi connectivity index (χ4n) is 8.54. The summed E-state index contributed by atoms with van der Waals surface area (Å²) < 4.78 is 19.8. The van der Waals surface area contributed by atoms with E-state index in [4.69, 9.17) is 14.2 Å². The Balaban J connectivity index is 0.00000277. The minimum absolute atomic E-state index is 0. The molecule has 10 heteroatoms. The Morgan fingerprint density at radius 1 is 1.10 bits per heavy atom. The Kier molecular flexibility index (Phi) is 6.12. The smallest absolute Gasteiger partial charge is 0.269 e. The first-order valence-electron chi connectivity index (χ1n) is 13.1. The van der Waals surface area contributed by atoms with Crippen molar-refractivity contribution in [2.45, 2.75) is 42.4 Å². The average Bonchev–Trinajstić information content (AvgIpc) is 3.31. The lowest BCUT2D eigenvalue weighted by atomic mass is 9.37. The summed E-state index contributed by atoms with van der Waals surface area (Å²) >= 11 is 3.38. The first-order valence-corrected chi connectivity index (χ1v) is 13.9. The Hall–Kier alpha value is -2.59. The number of carbonyl (C=O) groups is 2. The fraction of sp³-hybridized carbons (Fsp3) is 0.448. The Labute approximate surface area is 241 Å². The molecule has 0 aromatic heterocycles. The molecule has 1 unspecified atom stereocenters. The summed E-state index contributed by atoms with van der Waals surface area (Å²) in [5, 5.41) is 0. The summed E-state index contributed by atoms with van der Waals surface area (Å²) in [4.78, 5) is 28.1. The van der Waals surface area contributed by atoms with Gasteiger partial charge in [0.1, 0.15) is 17.7 Å². The molecule has 3 N–H and O–H groups in total. The minimum Gasteiger partial charge on any atom is -1.00 e.